The number of rotatable bonds is 8. The summed E-state index contributed by atoms with van der Waals surface area (Å²) >= 11 is 0. The first-order valence-corrected chi connectivity index (χ1v) is 9.73. The minimum atomic E-state index is 0.695. The normalized spacial score (nSPS) is 10.7. The van der Waals surface area contributed by atoms with Crippen LogP contribution >= 0.6 is 0 Å². The Hall–Kier alpha value is -2.54. The Morgan fingerprint density at radius 3 is 1.77 bits per heavy atom. The molecule has 0 fully saturated rings. The molecule has 26 heavy (non-hydrogen) atoms. The number of benzene rings is 3. The number of aryl methyl sites for hydroxylation is 1. The van der Waals surface area contributed by atoms with Gasteiger partial charge in [0.25, 0.3) is 0 Å². The highest BCUT2D eigenvalue weighted by Crippen LogP contribution is 2.33. The van der Waals surface area contributed by atoms with E-state index in [-0.39, 0.29) is 0 Å². The Bertz CT molecular complexity index is 800. The van der Waals surface area contributed by atoms with Crippen LogP contribution in [0.15, 0.2) is 72.8 Å². The number of hydrogen-bond acceptors (Lipinski definition) is 1. The molecule has 0 atom stereocenters. The molecule has 0 aliphatic carbocycles. The summed E-state index contributed by atoms with van der Waals surface area (Å²) in [6, 6.07) is 26.1. The van der Waals surface area contributed by atoms with E-state index >= 15 is 0 Å². The highest BCUT2D eigenvalue weighted by Gasteiger charge is 2.07. The predicted octanol–water partition coefficient (Wildman–Crippen LogP) is 7.15. The SMILES string of the molecule is CCCCCc1ccc(-c2ccccc2-c2ccc(OCC)cc2)cc1. The fourth-order valence-electron chi connectivity index (χ4n) is 3.31. The van der Waals surface area contributed by atoms with E-state index in [9.17, 15) is 0 Å². The third-order valence-corrected chi connectivity index (χ3v) is 4.74. The Labute approximate surface area is 157 Å². The molecular formula is C25H28O. The molecule has 0 heterocycles. The second-order valence-electron chi connectivity index (χ2n) is 6.66. The lowest BCUT2D eigenvalue weighted by molar-refractivity contribution is 0.340. The summed E-state index contributed by atoms with van der Waals surface area (Å²) in [6.07, 6.45) is 5.03. The van der Waals surface area contributed by atoms with Gasteiger partial charge in [-0.05, 0) is 59.7 Å². The summed E-state index contributed by atoms with van der Waals surface area (Å²) in [4.78, 5) is 0. The van der Waals surface area contributed by atoms with Crippen LogP contribution in [0.5, 0.6) is 5.75 Å². The van der Waals surface area contributed by atoms with Crippen LogP contribution in [0.3, 0.4) is 0 Å². The molecule has 3 aromatic carbocycles. The molecule has 1 heteroatoms. The van der Waals surface area contributed by atoms with Crippen LogP contribution in [0.25, 0.3) is 22.3 Å². The number of hydrogen-bond donors (Lipinski definition) is 0. The Morgan fingerprint density at radius 2 is 1.23 bits per heavy atom. The van der Waals surface area contributed by atoms with E-state index in [1.807, 2.05) is 19.1 Å². The first-order chi connectivity index (χ1) is 12.8. The van der Waals surface area contributed by atoms with Crippen molar-refractivity contribution < 1.29 is 4.74 Å². The van der Waals surface area contributed by atoms with Crippen molar-refractivity contribution in [2.24, 2.45) is 0 Å². The van der Waals surface area contributed by atoms with Crippen molar-refractivity contribution in [2.75, 3.05) is 6.61 Å². The van der Waals surface area contributed by atoms with Gasteiger partial charge in [-0.1, -0.05) is 80.4 Å². The maximum absolute atomic E-state index is 5.57. The maximum atomic E-state index is 5.57. The average molecular weight is 344 g/mol. The number of unbranched alkanes of at least 4 members (excludes halogenated alkanes) is 2. The topological polar surface area (TPSA) is 9.23 Å². The van der Waals surface area contributed by atoms with Crippen molar-refractivity contribution in [1.82, 2.24) is 0 Å². The van der Waals surface area contributed by atoms with Crippen LogP contribution in [0.2, 0.25) is 0 Å². The van der Waals surface area contributed by atoms with Crippen LogP contribution in [0.4, 0.5) is 0 Å². The zero-order valence-corrected chi connectivity index (χ0v) is 15.9. The van der Waals surface area contributed by atoms with Crippen molar-refractivity contribution in [2.45, 2.75) is 39.5 Å². The van der Waals surface area contributed by atoms with E-state index in [0.717, 1.165) is 5.75 Å². The molecule has 3 aromatic rings. The second kappa shape index (κ2) is 9.24. The van der Waals surface area contributed by atoms with Crippen LogP contribution in [-0.2, 0) is 6.42 Å². The predicted molar refractivity (Wildman–Crippen MR) is 112 cm³/mol. The summed E-state index contributed by atoms with van der Waals surface area (Å²) in [6.45, 7) is 4.95. The standard InChI is InChI=1S/C25H28O/c1-3-5-6-9-20-12-14-21(15-13-20)24-10-7-8-11-25(24)22-16-18-23(19-17-22)26-4-2/h7-8,10-19H,3-6,9H2,1-2H3. The lowest BCUT2D eigenvalue weighted by atomic mass is 9.93. The molecule has 0 saturated heterocycles. The zero-order chi connectivity index (χ0) is 18.2. The van der Waals surface area contributed by atoms with Gasteiger partial charge in [-0.15, -0.1) is 0 Å². The van der Waals surface area contributed by atoms with E-state index < -0.39 is 0 Å². The third-order valence-electron chi connectivity index (χ3n) is 4.74. The van der Waals surface area contributed by atoms with Gasteiger partial charge in [0.05, 0.1) is 6.61 Å². The minimum absolute atomic E-state index is 0.695. The summed E-state index contributed by atoms with van der Waals surface area (Å²) < 4.78 is 5.57. The number of ether oxygens (including phenoxy) is 1. The van der Waals surface area contributed by atoms with Gasteiger partial charge >= 0.3 is 0 Å². The van der Waals surface area contributed by atoms with Crippen LogP contribution in [0.1, 0.15) is 38.7 Å². The van der Waals surface area contributed by atoms with Crippen LogP contribution in [-0.4, -0.2) is 6.61 Å². The minimum Gasteiger partial charge on any atom is -0.494 e. The Kier molecular flexibility index (Phi) is 6.49. The fraction of sp³-hybridized carbons (Fsp3) is 0.280. The largest absolute Gasteiger partial charge is 0.494 e. The molecule has 1 nitrogen and oxygen atoms in total. The lowest BCUT2D eigenvalue weighted by Crippen LogP contribution is -1.91. The molecule has 0 N–H and O–H groups in total. The summed E-state index contributed by atoms with van der Waals surface area (Å²) in [7, 11) is 0. The fourth-order valence-corrected chi connectivity index (χ4v) is 3.31. The van der Waals surface area contributed by atoms with Crippen molar-refractivity contribution in [3.05, 3.63) is 78.4 Å². The molecule has 0 amide bonds. The quantitative estimate of drug-likeness (QED) is 0.394. The van der Waals surface area contributed by atoms with Gasteiger partial charge in [0.15, 0.2) is 0 Å². The molecule has 0 unspecified atom stereocenters. The van der Waals surface area contributed by atoms with E-state index in [0.29, 0.717) is 6.61 Å². The molecule has 0 radical (unpaired) electrons. The van der Waals surface area contributed by atoms with Crippen molar-refractivity contribution in [3.63, 3.8) is 0 Å². The lowest BCUT2D eigenvalue weighted by Gasteiger charge is -2.12. The van der Waals surface area contributed by atoms with E-state index in [4.69, 9.17) is 4.74 Å². The van der Waals surface area contributed by atoms with Gasteiger partial charge in [-0.2, -0.15) is 0 Å². The molecule has 3 rings (SSSR count). The zero-order valence-electron chi connectivity index (χ0n) is 15.9. The van der Waals surface area contributed by atoms with E-state index in [1.165, 1.54) is 53.5 Å². The van der Waals surface area contributed by atoms with Gasteiger partial charge in [-0.25, -0.2) is 0 Å². The summed E-state index contributed by atoms with van der Waals surface area (Å²) in [5, 5.41) is 0. The van der Waals surface area contributed by atoms with Gasteiger partial charge < -0.3 is 4.74 Å². The average Bonchev–Trinajstić information content (AvgIpc) is 2.70. The molecule has 0 aliphatic heterocycles. The summed E-state index contributed by atoms with van der Waals surface area (Å²) in [5.41, 5.74) is 6.46. The van der Waals surface area contributed by atoms with Gasteiger partial charge in [-0.3, -0.25) is 0 Å². The second-order valence-corrected chi connectivity index (χ2v) is 6.66. The summed E-state index contributed by atoms with van der Waals surface area (Å²) in [5.74, 6) is 0.921. The molecule has 0 bridgehead atoms. The molecule has 0 aromatic heterocycles. The third kappa shape index (κ3) is 4.54. The Morgan fingerprint density at radius 1 is 0.654 bits per heavy atom. The van der Waals surface area contributed by atoms with Crippen LogP contribution < -0.4 is 4.74 Å². The molecule has 0 aliphatic rings. The monoisotopic (exact) mass is 344 g/mol. The Balaban J connectivity index is 1.85. The highest BCUT2D eigenvalue weighted by molar-refractivity contribution is 5.83. The molecule has 0 spiro atoms. The van der Waals surface area contributed by atoms with Crippen molar-refractivity contribution in [1.29, 1.82) is 0 Å². The van der Waals surface area contributed by atoms with Gasteiger partial charge in [0, 0.05) is 0 Å². The maximum Gasteiger partial charge on any atom is 0.119 e. The molecule has 134 valence electrons. The first-order valence-electron chi connectivity index (χ1n) is 9.73. The van der Waals surface area contributed by atoms with E-state index in [1.54, 1.807) is 0 Å². The van der Waals surface area contributed by atoms with Crippen molar-refractivity contribution >= 4 is 0 Å². The van der Waals surface area contributed by atoms with Gasteiger partial charge in [0.2, 0.25) is 0 Å². The van der Waals surface area contributed by atoms with Crippen LogP contribution in [0, 0.1) is 0 Å². The first kappa shape index (κ1) is 18.3. The highest BCUT2D eigenvalue weighted by atomic mass is 16.5. The smallest absolute Gasteiger partial charge is 0.119 e. The molecular weight excluding hydrogens is 316 g/mol. The van der Waals surface area contributed by atoms with E-state index in [2.05, 4.69) is 67.6 Å². The van der Waals surface area contributed by atoms with Gasteiger partial charge in [0.1, 0.15) is 5.75 Å². The molecule has 0 saturated carbocycles. The van der Waals surface area contributed by atoms with Crippen molar-refractivity contribution in [3.8, 4) is 28.0 Å².